The molecule has 0 amide bonds. The topological polar surface area (TPSA) is 326 Å². The van der Waals surface area contributed by atoms with Crippen LogP contribution in [0.25, 0.3) is 0 Å². The number of nitrogen functional groups attached to an aromatic ring is 1. The van der Waals surface area contributed by atoms with Crippen LogP contribution < -0.4 is 11.4 Å². The molecule has 2 heterocycles. The second kappa shape index (κ2) is 36.3. The Kier molecular flexibility index (Phi) is 32.5. The third-order valence-electron chi connectivity index (χ3n) is 11.5. The Hall–Kier alpha value is -3.66. The number of aliphatic hydroxyl groups is 5. The van der Waals surface area contributed by atoms with Crippen molar-refractivity contribution in [1.29, 1.82) is 0 Å². The molecule has 72 heavy (non-hydrogen) atoms. The van der Waals surface area contributed by atoms with Gasteiger partial charge in [-0.3, -0.25) is 23.2 Å². The Morgan fingerprint density at radius 1 is 0.792 bits per heavy atom. The van der Waals surface area contributed by atoms with Gasteiger partial charge in [-0.15, -0.1) is 0 Å². The molecule has 1 fully saturated rings. The number of allylic oxidation sites excluding steroid dienone is 7. The lowest BCUT2D eigenvalue weighted by Gasteiger charge is -2.21. The second-order valence-electron chi connectivity index (χ2n) is 17.8. The van der Waals surface area contributed by atoms with Crippen molar-refractivity contribution in [3.05, 3.63) is 83.5 Å². The normalized spacial score (nSPS) is 21.4. The maximum Gasteiger partial charge on any atom is 0.481 e. The Labute approximate surface area is 423 Å². The van der Waals surface area contributed by atoms with Crippen LogP contribution in [0.3, 0.4) is 0 Å². The Bertz CT molecular complexity index is 2010. The predicted molar refractivity (Wildman–Crippen MR) is 270 cm³/mol. The summed E-state index contributed by atoms with van der Waals surface area (Å²) < 4.78 is 56.5. The van der Waals surface area contributed by atoms with Gasteiger partial charge in [0.25, 0.3) is 0 Å². The van der Waals surface area contributed by atoms with E-state index in [0.717, 1.165) is 55.2 Å². The standard InChI is InChI=1S/C49H81N3O18P2/c1-4-6-19-26-38(53)27-21-16-13-14-17-22-28-40(54)41(55)29-24-31-44(56)65-34-39(68-45(57)30-23-18-12-10-8-7-9-11-15-20-25-37(3)5-2)35-66-71(61,62)70-72(63,64)67-36-42-46(58)47(59)48(69-42)52-33-32-43(50)51-49(52)60/h6,13-14,16-17,19,21-22,27-28,32-33,37-42,46-48,53-55,58-59H,4-5,7-12,15,18,20,23-26,29-31,34-36H2,1-3H3,(H,61,62)(H,63,64)(H2,50,51,60)/b16-13+,17-14-,19-6-,27-21+,28-22-/t37?,38-,39-,40+,41+,42-,46-,47-,48-/m1/s1. The van der Waals surface area contributed by atoms with Gasteiger partial charge in [0.15, 0.2) is 12.3 Å². The molecule has 21 nitrogen and oxygen atoms in total. The summed E-state index contributed by atoms with van der Waals surface area (Å²) >= 11 is 0. The lowest BCUT2D eigenvalue weighted by atomic mass is 9.99. The van der Waals surface area contributed by atoms with Crippen LogP contribution in [0.2, 0.25) is 0 Å². The SMILES string of the molecule is CC/C=C\C[C@@H](O)/C=C/C=C/C=C\C=C/[C@H](O)[C@@H](O)CCCC(=O)OC[C@H](COP(=O)(O)OP(=O)(O)OC[C@H]1O[C@@H](n2ccc(N)nc2=O)[C@H](O)[C@@H]1O)OC(=O)CCCCCCCCCCCCC(C)CC. The number of rotatable bonds is 39. The number of unbranched alkanes of at least 4 members (excludes halogenated alkanes) is 9. The van der Waals surface area contributed by atoms with E-state index in [0.29, 0.717) is 12.8 Å². The van der Waals surface area contributed by atoms with Gasteiger partial charge in [0.05, 0.1) is 31.5 Å². The van der Waals surface area contributed by atoms with E-state index in [1.54, 1.807) is 36.5 Å². The molecule has 2 rings (SSSR count). The monoisotopic (exact) mass is 1060 g/mol. The minimum absolute atomic E-state index is 0.00620. The van der Waals surface area contributed by atoms with E-state index < -0.39 is 102 Å². The number of hydrogen-bond donors (Lipinski definition) is 8. The number of nitrogens with zero attached hydrogens (tertiary/aromatic N) is 2. The van der Waals surface area contributed by atoms with E-state index in [4.69, 9.17) is 29.0 Å². The second-order valence-corrected chi connectivity index (χ2v) is 20.8. The summed E-state index contributed by atoms with van der Waals surface area (Å²) in [6, 6.07) is 1.23. The number of anilines is 1. The maximum atomic E-state index is 12.9. The first kappa shape index (κ1) is 64.5. The first-order valence-corrected chi connectivity index (χ1v) is 28.0. The van der Waals surface area contributed by atoms with Crippen molar-refractivity contribution in [3.8, 4) is 0 Å². The van der Waals surface area contributed by atoms with E-state index in [2.05, 4.69) is 23.1 Å². The van der Waals surface area contributed by atoms with Gasteiger partial charge in [0, 0.05) is 19.0 Å². The predicted octanol–water partition coefficient (Wildman–Crippen LogP) is 6.71. The molecular weight excluding hydrogens is 980 g/mol. The summed E-state index contributed by atoms with van der Waals surface area (Å²) in [7, 11) is -11.0. The molecule has 23 heteroatoms. The quantitative estimate of drug-likeness (QED) is 0.0112. The molecule has 0 aliphatic carbocycles. The summed E-state index contributed by atoms with van der Waals surface area (Å²) in [6.07, 6.45) is 21.1. The smallest absolute Gasteiger partial charge is 0.462 e. The fraction of sp³-hybridized carbons (Fsp3) is 0.673. The van der Waals surface area contributed by atoms with E-state index in [9.17, 15) is 58.8 Å². The largest absolute Gasteiger partial charge is 0.481 e. The minimum atomic E-state index is -5.50. The molecule has 0 radical (unpaired) electrons. The molecule has 410 valence electrons. The number of nitrogens with two attached hydrogens (primary N) is 1. The molecule has 1 aliphatic rings. The van der Waals surface area contributed by atoms with Crippen molar-refractivity contribution >= 4 is 33.4 Å². The summed E-state index contributed by atoms with van der Waals surface area (Å²) in [5.41, 5.74) is 4.55. The van der Waals surface area contributed by atoms with Gasteiger partial charge < -0.3 is 55.3 Å². The van der Waals surface area contributed by atoms with Gasteiger partial charge in [0.2, 0.25) is 0 Å². The van der Waals surface area contributed by atoms with Crippen LogP contribution in [0, 0.1) is 5.92 Å². The molecule has 1 aliphatic heterocycles. The van der Waals surface area contributed by atoms with Gasteiger partial charge in [-0.25, -0.2) is 13.9 Å². The van der Waals surface area contributed by atoms with Crippen LogP contribution in [0.15, 0.2) is 77.8 Å². The Morgan fingerprint density at radius 3 is 2.03 bits per heavy atom. The zero-order valence-corrected chi connectivity index (χ0v) is 43.7. The maximum absolute atomic E-state index is 12.9. The van der Waals surface area contributed by atoms with Crippen molar-refractivity contribution in [2.75, 3.05) is 25.6 Å². The summed E-state index contributed by atoms with van der Waals surface area (Å²) in [5.74, 6) is -0.877. The number of aliphatic hydroxyl groups excluding tert-OH is 5. The fourth-order valence-corrected chi connectivity index (χ4v) is 9.21. The van der Waals surface area contributed by atoms with Gasteiger partial charge in [-0.05, 0) is 44.1 Å². The van der Waals surface area contributed by atoms with Crippen molar-refractivity contribution in [2.24, 2.45) is 5.92 Å². The molecule has 0 aromatic carbocycles. The van der Waals surface area contributed by atoms with Crippen LogP contribution in [0.5, 0.6) is 0 Å². The fourth-order valence-electron chi connectivity index (χ4n) is 7.10. The number of esters is 2. The molecule has 0 bridgehead atoms. The molecule has 3 unspecified atom stereocenters. The van der Waals surface area contributed by atoms with Crippen LogP contribution in [0.4, 0.5) is 5.82 Å². The molecule has 1 saturated heterocycles. The van der Waals surface area contributed by atoms with E-state index in [-0.39, 0.29) is 31.5 Å². The highest BCUT2D eigenvalue weighted by molar-refractivity contribution is 7.61. The van der Waals surface area contributed by atoms with Crippen LogP contribution in [0.1, 0.15) is 143 Å². The zero-order chi connectivity index (χ0) is 53.4. The number of carbonyl (C=O) groups excluding carboxylic acids is 2. The average molecular weight is 1060 g/mol. The van der Waals surface area contributed by atoms with Gasteiger partial charge in [-0.2, -0.15) is 9.29 Å². The number of phosphoric ester groups is 2. The first-order chi connectivity index (χ1) is 34.3. The van der Waals surface area contributed by atoms with E-state index in [1.807, 2.05) is 19.1 Å². The van der Waals surface area contributed by atoms with Crippen molar-refractivity contribution < 1.29 is 81.6 Å². The van der Waals surface area contributed by atoms with Gasteiger partial charge >= 0.3 is 33.3 Å². The minimum Gasteiger partial charge on any atom is -0.462 e. The third kappa shape index (κ3) is 28.7. The van der Waals surface area contributed by atoms with Crippen LogP contribution in [-0.2, 0) is 46.3 Å². The first-order valence-electron chi connectivity index (χ1n) is 25.0. The number of carbonyl (C=O) groups is 2. The van der Waals surface area contributed by atoms with Crippen molar-refractivity contribution in [1.82, 2.24) is 9.55 Å². The molecule has 1 aromatic rings. The molecule has 9 N–H and O–H groups in total. The number of aromatic nitrogens is 2. The van der Waals surface area contributed by atoms with E-state index in [1.165, 1.54) is 56.7 Å². The van der Waals surface area contributed by atoms with Crippen molar-refractivity contribution in [2.45, 2.75) is 185 Å². The number of ether oxygens (including phenoxy) is 3. The Morgan fingerprint density at radius 2 is 1.39 bits per heavy atom. The molecule has 0 saturated carbocycles. The highest BCUT2D eigenvalue weighted by atomic mass is 31.3. The van der Waals surface area contributed by atoms with Gasteiger partial charge in [0.1, 0.15) is 30.7 Å². The highest BCUT2D eigenvalue weighted by Crippen LogP contribution is 2.60. The zero-order valence-electron chi connectivity index (χ0n) is 42.0. The molecule has 1 aromatic heterocycles. The van der Waals surface area contributed by atoms with Crippen molar-refractivity contribution in [3.63, 3.8) is 0 Å². The molecular formula is C49H81N3O18P2. The Balaban J connectivity index is 1.90. The number of phosphoric acid groups is 2. The third-order valence-corrected chi connectivity index (χ3v) is 14.1. The highest BCUT2D eigenvalue weighted by Gasteiger charge is 2.46. The summed E-state index contributed by atoms with van der Waals surface area (Å²) in [4.78, 5) is 61.9. The summed E-state index contributed by atoms with van der Waals surface area (Å²) in [5, 5.41) is 51.5. The number of hydrogen-bond acceptors (Lipinski definition) is 18. The van der Waals surface area contributed by atoms with Crippen LogP contribution >= 0.6 is 15.6 Å². The average Bonchev–Trinajstić information content (AvgIpc) is 3.61. The lowest BCUT2D eigenvalue weighted by Crippen LogP contribution is -2.36. The van der Waals surface area contributed by atoms with Crippen LogP contribution in [-0.4, -0.2) is 119 Å². The van der Waals surface area contributed by atoms with E-state index >= 15 is 0 Å². The summed E-state index contributed by atoms with van der Waals surface area (Å²) in [6.45, 7) is 3.91. The van der Waals surface area contributed by atoms with Gasteiger partial charge in [-0.1, -0.05) is 152 Å². The lowest BCUT2D eigenvalue weighted by molar-refractivity contribution is -0.161. The molecule has 11 atom stereocenters. The molecule has 0 spiro atoms.